The molecule has 1 fully saturated rings. The highest BCUT2D eigenvalue weighted by atomic mass is 32.2. The van der Waals surface area contributed by atoms with Gasteiger partial charge in [0, 0.05) is 48.7 Å². The largest absolute Gasteiger partial charge is 0.379 e. The van der Waals surface area contributed by atoms with Gasteiger partial charge in [-0.15, -0.1) is 0 Å². The minimum Gasteiger partial charge on any atom is -0.379 e. The van der Waals surface area contributed by atoms with Gasteiger partial charge in [0.15, 0.2) is 0 Å². The number of para-hydroxylation sites is 1. The third-order valence-corrected chi connectivity index (χ3v) is 5.40. The Bertz CT molecular complexity index is 1020. The van der Waals surface area contributed by atoms with E-state index >= 15 is 0 Å². The second-order valence-electron chi connectivity index (χ2n) is 6.47. The summed E-state index contributed by atoms with van der Waals surface area (Å²) in [4.78, 5) is 13.0. The summed E-state index contributed by atoms with van der Waals surface area (Å²) in [7, 11) is 0. The molecule has 0 bridgehead atoms. The van der Waals surface area contributed by atoms with Gasteiger partial charge in [0.05, 0.1) is 24.5 Å². The van der Waals surface area contributed by atoms with Gasteiger partial charge in [-0.25, -0.2) is 4.31 Å². The first-order valence-electron chi connectivity index (χ1n) is 10.4. The molecule has 3 aromatic rings. The highest BCUT2D eigenvalue weighted by Crippen LogP contribution is 2.21. The highest BCUT2D eigenvalue weighted by Gasteiger charge is 2.18. The zero-order valence-electron chi connectivity index (χ0n) is 17.9. The number of morpholine rings is 1. The van der Waals surface area contributed by atoms with Gasteiger partial charge in [0.25, 0.3) is 5.91 Å². The number of ether oxygens (including phenoxy) is 1. The van der Waals surface area contributed by atoms with E-state index in [0.717, 1.165) is 29.9 Å². The van der Waals surface area contributed by atoms with E-state index in [-0.39, 0.29) is 5.91 Å². The fourth-order valence-electron chi connectivity index (χ4n) is 3.05. The summed E-state index contributed by atoms with van der Waals surface area (Å²) >= 11 is 1.33. The molecule has 1 aliphatic heterocycles. The minimum atomic E-state index is -0.145. The maximum Gasteiger partial charge on any atom is 0.264 e. The topological polar surface area (TPSA) is 46.5 Å². The van der Waals surface area contributed by atoms with Crippen molar-refractivity contribution in [3.05, 3.63) is 89.7 Å². The van der Waals surface area contributed by atoms with E-state index in [1.54, 1.807) is 0 Å². The molecule has 0 saturated carbocycles. The molecular formula is C25H27N3O2S. The van der Waals surface area contributed by atoms with Crippen LogP contribution in [-0.4, -0.2) is 41.1 Å². The lowest BCUT2D eigenvalue weighted by Gasteiger charge is -2.25. The van der Waals surface area contributed by atoms with Crippen LogP contribution >= 0.6 is 12.1 Å². The number of carbonyl (C=O) groups excluding carboxylic acids is 1. The molecule has 1 aromatic heterocycles. The quantitative estimate of drug-likeness (QED) is 0.485. The lowest BCUT2D eigenvalue weighted by molar-refractivity contribution is 0.0765. The Hall–Kier alpha value is -2.98. The lowest BCUT2D eigenvalue weighted by Crippen LogP contribution is -2.34. The molecule has 0 unspecified atom stereocenters. The molecule has 0 radical (unpaired) electrons. The van der Waals surface area contributed by atoms with E-state index in [1.807, 2.05) is 91.5 Å². The summed E-state index contributed by atoms with van der Waals surface area (Å²) in [5.41, 5.74) is 3.10. The van der Waals surface area contributed by atoms with Crippen LogP contribution in [0.2, 0.25) is 0 Å². The van der Waals surface area contributed by atoms with Gasteiger partial charge in [-0.05, 0) is 36.4 Å². The summed E-state index contributed by atoms with van der Waals surface area (Å²) in [6, 6.07) is 19.3. The van der Waals surface area contributed by atoms with Crippen molar-refractivity contribution in [3.63, 3.8) is 0 Å². The van der Waals surface area contributed by atoms with Crippen LogP contribution in [0, 0.1) is 11.8 Å². The molecule has 4 rings (SSSR count). The van der Waals surface area contributed by atoms with Crippen molar-refractivity contribution in [2.24, 2.45) is 0 Å². The van der Waals surface area contributed by atoms with Crippen LogP contribution in [-0.2, 0) is 4.74 Å². The Morgan fingerprint density at radius 2 is 1.65 bits per heavy atom. The molecule has 0 aliphatic carbocycles. The van der Waals surface area contributed by atoms with E-state index < -0.39 is 0 Å². The Labute approximate surface area is 188 Å². The van der Waals surface area contributed by atoms with Crippen LogP contribution in [0.15, 0.2) is 73.1 Å². The molecule has 1 amide bonds. The van der Waals surface area contributed by atoms with Gasteiger partial charge >= 0.3 is 0 Å². The molecule has 0 spiro atoms. The third-order valence-electron chi connectivity index (χ3n) is 4.50. The lowest BCUT2D eigenvalue weighted by atomic mass is 10.1. The summed E-state index contributed by atoms with van der Waals surface area (Å²) < 4.78 is 12.3. The summed E-state index contributed by atoms with van der Waals surface area (Å²) in [6.07, 6.45) is 3.85. The van der Waals surface area contributed by atoms with Crippen LogP contribution in [0.3, 0.4) is 0 Å². The molecule has 31 heavy (non-hydrogen) atoms. The SMILES string of the molecule is CC.O=C(NSN1CCOCC1)c1cccc(C#Cc2ccccc2)c1-n1cccc1. The summed E-state index contributed by atoms with van der Waals surface area (Å²) in [5, 5.41) is 0. The number of amides is 1. The van der Waals surface area contributed by atoms with Gasteiger partial charge in [-0.3, -0.25) is 9.52 Å². The fraction of sp³-hybridized carbons (Fsp3) is 0.240. The second-order valence-corrected chi connectivity index (χ2v) is 7.38. The standard InChI is InChI=1S/C23H21N3O2S.C2H6/c27-23(24-29-26-15-17-28-18-16-26)21-10-6-9-20(22(21)25-13-4-5-14-25)12-11-19-7-2-1-3-8-19;1-2/h1-10,13-14H,15-18H2,(H,24,27);1-2H3. The molecule has 6 heteroatoms. The summed E-state index contributed by atoms with van der Waals surface area (Å²) in [5.74, 6) is 6.28. The average Bonchev–Trinajstić information content (AvgIpc) is 3.38. The smallest absolute Gasteiger partial charge is 0.264 e. The maximum absolute atomic E-state index is 13.0. The third kappa shape index (κ3) is 6.25. The second kappa shape index (κ2) is 12.0. The predicted molar refractivity (Wildman–Crippen MR) is 127 cm³/mol. The van der Waals surface area contributed by atoms with Crippen molar-refractivity contribution in [1.29, 1.82) is 0 Å². The monoisotopic (exact) mass is 433 g/mol. The number of nitrogens with zero attached hydrogens (tertiary/aromatic N) is 2. The van der Waals surface area contributed by atoms with Crippen LogP contribution in [0.1, 0.15) is 35.3 Å². The predicted octanol–water partition coefficient (Wildman–Crippen LogP) is 4.53. The van der Waals surface area contributed by atoms with Crippen LogP contribution in [0.5, 0.6) is 0 Å². The van der Waals surface area contributed by atoms with E-state index in [4.69, 9.17) is 4.74 Å². The van der Waals surface area contributed by atoms with E-state index in [2.05, 4.69) is 20.9 Å². The first-order chi connectivity index (χ1) is 15.3. The zero-order chi connectivity index (χ0) is 21.9. The van der Waals surface area contributed by atoms with Gasteiger partial charge in [-0.2, -0.15) is 0 Å². The first kappa shape index (κ1) is 22.7. The first-order valence-corrected chi connectivity index (χ1v) is 11.2. The number of aromatic nitrogens is 1. The van der Waals surface area contributed by atoms with E-state index in [0.29, 0.717) is 18.8 Å². The number of nitrogens with one attached hydrogen (secondary N) is 1. The zero-order valence-corrected chi connectivity index (χ0v) is 18.7. The Kier molecular flexibility index (Phi) is 8.80. The fourth-order valence-corrected chi connectivity index (χ4v) is 3.70. The number of carbonyl (C=O) groups is 1. The average molecular weight is 434 g/mol. The highest BCUT2D eigenvalue weighted by molar-refractivity contribution is 7.95. The van der Waals surface area contributed by atoms with E-state index in [9.17, 15) is 4.79 Å². The molecule has 0 atom stereocenters. The minimum absolute atomic E-state index is 0.145. The molecule has 2 aromatic carbocycles. The summed E-state index contributed by atoms with van der Waals surface area (Å²) in [6.45, 7) is 6.94. The van der Waals surface area contributed by atoms with Crippen LogP contribution < -0.4 is 4.72 Å². The van der Waals surface area contributed by atoms with Crippen molar-refractivity contribution in [1.82, 2.24) is 13.6 Å². The molecule has 5 nitrogen and oxygen atoms in total. The Morgan fingerprint density at radius 1 is 0.935 bits per heavy atom. The Morgan fingerprint density at radius 3 is 2.35 bits per heavy atom. The number of hydrogen-bond acceptors (Lipinski definition) is 4. The maximum atomic E-state index is 13.0. The van der Waals surface area contributed by atoms with Crippen LogP contribution in [0.4, 0.5) is 0 Å². The van der Waals surface area contributed by atoms with Gasteiger partial charge in [-0.1, -0.05) is 50.0 Å². The van der Waals surface area contributed by atoms with Gasteiger partial charge < -0.3 is 9.30 Å². The molecule has 1 aliphatic rings. The molecule has 160 valence electrons. The number of hydrogen-bond donors (Lipinski definition) is 1. The van der Waals surface area contributed by atoms with Crippen molar-refractivity contribution in [3.8, 4) is 17.5 Å². The normalized spacial score (nSPS) is 13.4. The van der Waals surface area contributed by atoms with E-state index in [1.165, 1.54) is 12.1 Å². The Balaban J connectivity index is 0.00000132. The van der Waals surface area contributed by atoms with Crippen molar-refractivity contribution in [2.45, 2.75) is 13.8 Å². The molecule has 1 saturated heterocycles. The van der Waals surface area contributed by atoms with Crippen LogP contribution in [0.25, 0.3) is 5.69 Å². The van der Waals surface area contributed by atoms with Crippen molar-refractivity contribution >= 4 is 18.0 Å². The number of rotatable bonds is 4. The van der Waals surface area contributed by atoms with Crippen molar-refractivity contribution < 1.29 is 9.53 Å². The van der Waals surface area contributed by atoms with Crippen molar-refractivity contribution in [2.75, 3.05) is 26.3 Å². The molecular weight excluding hydrogens is 406 g/mol. The molecule has 1 N–H and O–H groups in total. The van der Waals surface area contributed by atoms with Gasteiger partial charge in [0.2, 0.25) is 0 Å². The molecule has 2 heterocycles. The van der Waals surface area contributed by atoms with Gasteiger partial charge in [0.1, 0.15) is 0 Å². The number of benzene rings is 2.